The average Bonchev–Trinajstić information content (AvgIpc) is 2.78. The molecule has 0 aromatic carbocycles. The van der Waals surface area contributed by atoms with E-state index in [4.69, 9.17) is 4.74 Å². The number of halogens is 1. The first-order valence-electron chi connectivity index (χ1n) is 5.34. The molecular weight excluding hydrogens is 274 g/mol. The zero-order chi connectivity index (χ0) is 12.0. The highest BCUT2D eigenvalue weighted by Crippen LogP contribution is 2.12. The molecule has 1 heterocycles. The highest BCUT2D eigenvalue weighted by molar-refractivity contribution is 9.09. The van der Waals surface area contributed by atoms with E-state index in [2.05, 4.69) is 27.8 Å². The first kappa shape index (κ1) is 13.4. The first-order chi connectivity index (χ1) is 7.69. The normalized spacial score (nSPS) is 21.4. The Morgan fingerprint density at radius 2 is 2.38 bits per heavy atom. The van der Waals surface area contributed by atoms with Crippen LogP contribution in [0.1, 0.15) is 19.3 Å². The second kappa shape index (κ2) is 6.81. The summed E-state index contributed by atoms with van der Waals surface area (Å²) in [5.74, 6) is -1.27. The molecule has 1 saturated heterocycles. The van der Waals surface area contributed by atoms with Crippen molar-refractivity contribution in [2.24, 2.45) is 5.92 Å². The van der Waals surface area contributed by atoms with E-state index < -0.39 is 11.9 Å². The van der Waals surface area contributed by atoms with Gasteiger partial charge in [-0.3, -0.25) is 4.79 Å². The van der Waals surface area contributed by atoms with Gasteiger partial charge in [-0.25, -0.2) is 4.79 Å². The molecule has 1 fully saturated rings. The van der Waals surface area contributed by atoms with E-state index in [9.17, 15) is 9.59 Å². The number of rotatable bonds is 5. The minimum absolute atomic E-state index is 0.316. The zero-order valence-electron chi connectivity index (χ0n) is 9.08. The van der Waals surface area contributed by atoms with Crippen LogP contribution in [0.15, 0.2) is 12.7 Å². The lowest BCUT2D eigenvalue weighted by molar-refractivity contribution is -0.163. The van der Waals surface area contributed by atoms with E-state index in [0.29, 0.717) is 11.8 Å². The number of alkyl halides is 1. The molecule has 90 valence electrons. The van der Waals surface area contributed by atoms with Crippen LogP contribution in [-0.4, -0.2) is 29.9 Å². The first-order valence-corrected chi connectivity index (χ1v) is 6.47. The molecule has 1 unspecified atom stereocenters. The third kappa shape index (κ3) is 3.72. The highest BCUT2D eigenvalue weighted by Gasteiger charge is 2.28. The van der Waals surface area contributed by atoms with Gasteiger partial charge < -0.3 is 10.1 Å². The largest absolute Gasteiger partial charge is 0.392 e. The summed E-state index contributed by atoms with van der Waals surface area (Å²) in [6, 6.07) is -0.316. The van der Waals surface area contributed by atoms with Crippen molar-refractivity contribution in [2.45, 2.75) is 25.3 Å². The van der Waals surface area contributed by atoms with Crippen LogP contribution in [0.25, 0.3) is 0 Å². The number of nitrogens with one attached hydrogen (secondary N) is 1. The van der Waals surface area contributed by atoms with Crippen molar-refractivity contribution in [2.75, 3.05) is 11.9 Å². The maximum Gasteiger partial charge on any atom is 0.330 e. The molecule has 2 atom stereocenters. The Morgan fingerprint density at radius 1 is 1.62 bits per heavy atom. The Labute approximate surface area is 104 Å². The van der Waals surface area contributed by atoms with Crippen molar-refractivity contribution in [1.29, 1.82) is 0 Å². The van der Waals surface area contributed by atoms with Crippen LogP contribution in [0.2, 0.25) is 0 Å². The van der Waals surface area contributed by atoms with Gasteiger partial charge in [0.2, 0.25) is 0 Å². The van der Waals surface area contributed by atoms with Crippen LogP contribution in [-0.2, 0) is 14.3 Å². The molecule has 0 aliphatic carbocycles. The molecule has 0 aromatic rings. The Morgan fingerprint density at radius 3 is 2.88 bits per heavy atom. The second-order valence-corrected chi connectivity index (χ2v) is 4.41. The predicted molar refractivity (Wildman–Crippen MR) is 64.2 cm³/mol. The van der Waals surface area contributed by atoms with E-state index >= 15 is 0 Å². The third-order valence-electron chi connectivity index (χ3n) is 2.52. The Bertz CT molecular complexity index is 274. The fourth-order valence-electron chi connectivity index (χ4n) is 1.56. The summed E-state index contributed by atoms with van der Waals surface area (Å²) in [5, 5.41) is 3.47. The Balaban J connectivity index is 2.42. The molecule has 0 saturated carbocycles. The minimum Gasteiger partial charge on any atom is -0.392 e. The number of allylic oxidation sites excluding steroid dienone is 1. The standard InChI is InChI=1S/C11H16BrNO3/c1-2-4-8(7-12)10(14)16-11(15)9-5-3-6-13-9/h2,8-9,13H,1,3-7H2/t8?,9-/m0/s1. The van der Waals surface area contributed by atoms with Crippen molar-refractivity contribution in [3.63, 3.8) is 0 Å². The maximum atomic E-state index is 11.6. The molecule has 0 spiro atoms. The van der Waals surface area contributed by atoms with Gasteiger partial charge >= 0.3 is 11.9 Å². The summed E-state index contributed by atoms with van der Waals surface area (Å²) in [4.78, 5) is 23.1. The highest BCUT2D eigenvalue weighted by atomic mass is 79.9. The number of esters is 2. The maximum absolute atomic E-state index is 11.6. The number of ether oxygens (including phenoxy) is 1. The Hall–Kier alpha value is -0.680. The third-order valence-corrected chi connectivity index (χ3v) is 3.30. The van der Waals surface area contributed by atoms with Gasteiger partial charge in [-0.1, -0.05) is 22.0 Å². The van der Waals surface area contributed by atoms with E-state index in [1.807, 2.05) is 0 Å². The lowest BCUT2D eigenvalue weighted by atomic mass is 10.1. The quantitative estimate of drug-likeness (QED) is 0.360. The van der Waals surface area contributed by atoms with Crippen LogP contribution >= 0.6 is 15.9 Å². The lowest BCUT2D eigenvalue weighted by Crippen LogP contribution is -2.35. The molecular formula is C11H16BrNO3. The molecule has 1 aliphatic heterocycles. The predicted octanol–water partition coefficient (Wildman–Crippen LogP) is 1.40. The van der Waals surface area contributed by atoms with E-state index in [-0.39, 0.29) is 12.0 Å². The number of carbonyl (C=O) groups is 2. The fourth-order valence-corrected chi connectivity index (χ4v) is 2.09. The van der Waals surface area contributed by atoms with Crippen LogP contribution in [0.4, 0.5) is 0 Å². The summed E-state index contributed by atoms with van der Waals surface area (Å²) >= 11 is 3.22. The van der Waals surface area contributed by atoms with Crippen LogP contribution < -0.4 is 5.32 Å². The number of carbonyl (C=O) groups excluding carboxylic acids is 2. The summed E-state index contributed by atoms with van der Waals surface area (Å²) < 4.78 is 4.82. The zero-order valence-corrected chi connectivity index (χ0v) is 10.7. The molecule has 0 aromatic heterocycles. The van der Waals surface area contributed by atoms with Crippen LogP contribution in [0.3, 0.4) is 0 Å². The topological polar surface area (TPSA) is 55.4 Å². The van der Waals surface area contributed by atoms with Gasteiger partial charge in [0.15, 0.2) is 0 Å². The average molecular weight is 290 g/mol. The van der Waals surface area contributed by atoms with Gasteiger partial charge in [0.25, 0.3) is 0 Å². The summed E-state index contributed by atoms with van der Waals surface area (Å²) in [5.41, 5.74) is 0. The smallest absolute Gasteiger partial charge is 0.330 e. The van der Waals surface area contributed by atoms with Crippen molar-refractivity contribution in [3.05, 3.63) is 12.7 Å². The van der Waals surface area contributed by atoms with Crippen LogP contribution in [0, 0.1) is 5.92 Å². The van der Waals surface area contributed by atoms with Crippen molar-refractivity contribution in [1.82, 2.24) is 5.32 Å². The summed E-state index contributed by atoms with van der Waals surface area (Å²) in [7, 11) is 0. The van der Waals surface area contributed by atoms with Crippen LogP contribution in [0.5, 0.6) is 0 Å². The van der Waals surface area contributed by atoms with Crippen molar-refractivity contribution < 1.29 is 14.3 Å². The van der Waals surface area contributed by atoms with E-state index in [1.54, 1.807) is 6.08 Å². The molecule has 1 N–H and O–H groups in total. The van der Waals surface area contributed by atoms with E-state index in [0.717, 1.165) is 19.4 Å². The lowest BCUT2D eigenvalue weighted by Gasteiger charge is -2.13. The molecule has 0 amide bonds. The number of hydrogen-bond donors (Lipinski definition) is 1. The van der Waals surface area contributed by atoms with Gasteiger partial charge in [0.1, 0.15) is 6.04 Å². The molecule has 0 bridgehead atoms. The molecule has 4 nitrogen and oxygen atoms in total. The summed E-state index contributed by atoms with van der Waals surface area (Å²) in [6.07, 6.45) is 3.84. The molecule has 0 radical (unpaired) electrons. The fraction of sp³-hybridized carbons (Fsp3) is 0.636. The van der Waals surface area contributed by atoms with Gasteiger partial charge in [0, 0.05) is 5.33 Å². The van der Waals surface area contributed by atoms with Gasteiger partial charge in [0.05, 0.1) is 5.92 Å². The van der Waals surface area contributed by atoms with Crippen molar-refractivity contribution >= 4 is 27.9 Å². The molecule has 5 heteroatoms. The SMILES string of the molecule is C=CCC(CBr)C(=O)OC(=O)[C@@H]1CCCN1. The second-order valence-electron chi connectivity index (χ2n) is 3.76. The van der Waals surface area contributed by atoms with E-state index in [1.165, 1.54) is 0 Å². The van der Waals surface area contributed by atoms with Gasteiger partial charge in [-0.15, -0.1) is 6.58 Å². The molecule has 1 aliphatic rings. The monoisotopic (exact) mass is 289 g/mol. The Kier molecular flexibility index (Phi) is 5.69. The van der Waals surface area contributed by atoms with Gasteiger partial charge in [-0.05, 0) is 25.8 Å². The van der Waals surface area contributed by atoms with Gasteiger partial charge in [-0.2, -0.15) is 0 Å². The molecule has 16 heavy (non-hydrogen) atoms. The summed E-state index contributed by atoms with van der Waals surface area (Å²) in [6.45, 7) is 4.37. The number of hydrogen-bond acceptors (Lipinski definition) is 4. The van der Waals surface area contributed by atoms with Crippen molar-refractivity contribution in [3.8, 4) is 0 Å². The molecule has 1 rings (SSSR count). The minimum atomic E-state index is -0.476.